The second-order valence-corrected chi connectivity index (χ2v) is 7.47. The number of carboxylic acid groups (broad SMARTS) is 1. The van der Waals surface area contributed by atoms with E-state index in [9.17, 15) is 27.9 Å². The van der Waals surface area contributed by atoms with Gasteiger partial charge in [-0.3, -0.25) is 4.79 Å². The van der Waals surface area contributed by atoms with Gasteiger partial charge in [-0.25, -0.2) is 18.0 Å². The molecule has 9 heteroatoms. The van der Waals surface area contributed by atoms with Crippen LogP contribution in [0.2, 0.25) is 0 Å². The van der Waals surface area contributed by atoms with Gasteiger partial charge < -0.3 is 20.3 Å². The summed E-state index contributed by atoms with van der Waals surface area (Å²) in [5.41, 5.74) is 4.22. The van der Waals surface area contributed by atoms with Crippen LogP contribution in [-0.4, -0.2) is 35.3 Å². The Kier molecular flexibility index (Phi) is 4.85. The van der Waals surface area contributed by atoms with Gasteiger partial charge in [0.05, 0.1) is 16.6 Å². The van der Waals surface area contributed by atoms with Crippen LogP contribution in [0.15, 0.2) is 28.5 Å². The molecule has 0 atom stereocenters. The van der Waals surface area contributed by atoms with E-state index in [1.165, 1.54) is 21.7 Å². The van der Waals surface area contributed by atoms with E-state index in [1.807, 2.05) is 0 Å². The average Bonchev–Trinajstić information content (AvgIpc) is 3.55. The van der Waals surface area contributed by atoms with Crippen molar-refractivity contribution in [3.05, 3.63) is 51.1 Å². The van der Waals surface area contributed by atoms with Gasteiger partial charge in [0, 0.05) is 31.9 Å². The monoisotopic (exact) mass is 407 g/mol. The molecule has 0 spiro atoms. The summed E-state index contributed by atoms with van der Waals surface area (Å²) in [6, 6.07) is 1.29. The van der Waals surface area contributed by atoms with Gasteiger partial charge in [-0.2, -0.15) is 0 Å². The van der Waals surface area contributed by atoms with Gasteiger partial charge in [-0.1, -0.05) is 0 Å². The normalized spacial score (nSPS) is 19.0. The van der Waals surface area contributed by atoms with Crippen LogP contribution in [0.4, 0.5) is 18.9 Å². The molecule has 1 saturated carbocycles. The average molecular weight is 407 g/mol. The molecular formula is C20H20F3N3O3. The van der Waals surface area contributed by atoms with Crippen LogP contribution in [0.1, 0.15) is 42.1 Å². The Morgan fingerprint density at radius 3 is 2.62 bits per heavy atom. The first-order valence-corrected chi connectivity index (χ1v) is 9.45. The number of hydrogen-bond acceptors (Lipinski definition) is 4. The largest absolute Gasteiger partial charge is 0.477 e. The molecule has 29 heavy (non-hydrogen) atoms. The summed E-state index contributed by atoms with van der Waals surface area (Å²) < 4.78 is 45.4. The van der Waals surface area contributed by atoms with Crippen molar-refractivity contribution in [1.29, 1.82) is 0 Å². The molecule has 1 aromatic carbocycles. The number of aromatic carboxylic acids is 1. The molecule has 0 bridgehead atoms. The van der Waals surface area contributed by atoms with Crippen molar-refractivity contribution >= 4 is 22.6 Å². The molecule has 1 aliphatic heterocycles. The van der Waals surface area contributed by atoms with Gasteiger partial charge in [-0.05, 0) is 37.3 Å². The lowest BCUT2D eigenvalue weighted by molar-refractivity contribution is 0.0695. The number of carbonyl (C=O) groups is 1. The lowest BCUT2D eigenvalue weighted by atomic mass is 10.0. The van der Waals surface area contributed by atoms with Crippen LogP contribution in [-0.2, 0) is 0 Å². The molecule has 1 saturated heterocycles. The van der Waals surface area contributed by atoms with Gasteiger partial charge >= 0.3 is 5.97 Å². The van der Waals surface area contributed by atoms with Crippen molar-refractivity contribution in [2.45, 2.75) is 31.7 Å². The second kappa shape index (κ2) is 7.22. The predicted molar refractivity (Wildman–Crippen MR) is 102 cm³/mol. The zero-order valence-corrected chi connectivity index (χ0v) is 15.6. The van der Waals surface area contributed by atoms with Crippen LogP contribution in [0.25, 0.3) is 10.9 Å². The highest BCUT2D eigenvalue weighted by Crippen LogP contribution is 2.39. The number of halogens is 3. The number of fused-ring (bicyclic) bond motifs is 1. The number of aromatic nitrogens is 1. The topological polar surface area (TPSA) is 88.6 Å². The third kappa shape index (κ3) is 3.29. The van der Waals surface area contributed by atoms with Gasteiger partial charge in [0.2, 0.25) is 5.43 Å². The third-order valence-electron chi connectivity index (χ3n) is 5.55. The van der Waals surface area contributed by atoms with E-state index < -0.39 is 39.8 Å². The zero-order chi connectivity index (χ0) is 20.9. The highest BCUT2D eigenvalue weighted by Gasteiger charge is 2.31. The fourth-order valence-corrected chi connectivity index (χ4v) is 3.90. The zero-order valence-electron chi connectivity index (χ0n) is 15.6. The molecule has 2 heterocycles. The van der Waals surface area contributed by atoms with Gasteiger partial charge in [0.15, 0.2) is 11.6 Å². The number of benzene rings is 1. The van der Waals surface area contributed by atoms with Crippen LogP contribution in [0.5, 0.6) is 0 Å². The molecule has 154 valence electrons. The fourth-order valence-electron chi connectivity index (χ4n) is 3.90. The van der Waals surface area contributed by atoms with E-state index in [0.29, 0.717) is 25.0 Å². The number of nitrogens with two attached hydrogens (primary N) is 1. The summed E-state index contributed by atoms with van der Waals surface area (Å²) >= 11 is 0. The smallest absolute Gasteiger partial charge is 0.341 e. The van der Waals surface area contributed by atoms with Crippen LogP contribution in [0, 0.1) is 11.6 Å². The van der Waals surface area contributed by atoms with Crippen LogP contribution < -0.4 is 16.1 Å². The molecule has 1 aromatic heterocycles. The van der Waals surface area contributed by atoms with E-state index in [0.717, 1.165) is 12.8 Å². The number of rotatable bonds is 4. The molecule has 6 nitrogen and oxygen atoms in total. The Morgan fingerprint density at radius 2 is 2.00 bits per heavy atom. The number of carboxylic acids is 1. The van der Waals surface area contributed by atoms with Crippen molar-refractivity contribution in [3.63, 3.8) is 0 Å². The van der Waals surface area contributed by atoms with Crippen LogP contribution in [0.3, 0.4) is 0 Å². The van der Waals surface area contributed by atoms with E-state index in [1.54, 1.807) is 0 Å². The molecule has 0 amide bonds. The number of piperidine rings is 1. The van der Waals surface area contributed by atoms with E-state index in [4.69, 9.17) is 5.73 Å². The highest BCUT2D eigenvalue weighted by molar-refractivity contribution is 5.94. The summed E-state index contributed by atoms with van der Waals surface area (Å²) in [6.07, 6.45) is 3.75. The molecule has 2 aromatic rings. The Labute approximate surface area is 164 Å². The summed E-state index contributed by atoms with van der Waals surface area (Å²) in [7, 11) is 0. The maximum Gasteiger partial charge on any atom is 0.341 e. The molecule has 2 fully saturated rings. The van der Waals surface area contributed by atoms with Gasteiger partial charge in [-0.15, -0.1) is 0 Å². The minimum Gasteiger partial charge on any atom is -0.477 e. The Hall–Kier alpha value is -2.81. The standard InChI is InChI=1S/C20H20F3N3O3/c21-13(7-24)10-2-1-5-25(8-10)15-6-14-16(18(23)17(15)22)19(27)12(20(28)29)9-26(14)11-3-4-11/h6,9,11H,1-5,7-8,24H2,(H,28,29)/b13-10+. The molecular weight excluding hydrogens is 387 g/mol. The number of nitrogens with zero attached hydrogens (tertiary/aromatic N) is 2. The van der Waals surface area contributed by atoms with E-state index in [2.05, 4.69) is 0 Å². The molecule has 1 aliphatic carbocycles. The molecule has 4 rings (SSSR count). The van der Waals surface area contributed by atoms with Crippen molar-refractivity contribution in [3.8, 4) is 0 Å². The SMILES string of the molecule is NC/C(F)=C1/CCCN(c2cc3c(c(F)c2F)c(=O)c(C(=O)O)cn3C2CC2)C1. The fraction of sp³-hybridized carbons (Fsp3) is 0.400. The molecule has 0 radical (unpaired) electrons. The van der Waals surface area contributed by atoms with Crippen molar-refractivity contribution < 1.29 is 23.1 Å². The lowest BCUT2D eigenvalue weighted by Gasteiger charge is -2.31. The first-order valence-electron chi connectivity index (χ1n) is 9.45. The highest BCUT2D eigenvalue weighted by atomic mass is 19.2. The van der Waals surface area contributed by atoms with Gasteiger partial charge in [0.25, 0.3) is 0 Å². The first kappa shape index (κ1) is 19.5. The Balaban J connectivity index is 1.93. The maximum atomic E-state index is 15.0. The van der Waals surface area contributed by atoms with E-state index >= 15 is 0 Å². The van der Waals surface area contributed by atoms with Gasteiger partial charge in [0.1, 0.15) is 11.4 Å². The van der Waals surface area contributed by atoms with Crippen molar-refractivity contribution in [1.82, 2.24) is 4.57 Å². The first-order chi connectivity index (χ1) is 13.8. The summed E-state index contributed by atoms with van der Waals surface area (Å²) in [4.78, 5) is 25.5. The lowest BCUT2D eigenvalue weighted by Crippen LogP contribution is -2.33. The third-order valence-corrected chi connectivity index (χ3v) is 5.55. The summed E-state index contributed by atoms with van der Waals surface area (Å²) in [6.45, 7) is 0.215. The molecule has 0 unspecified atom stereocenters. The quantitative estimate of drug-likeness (QED) is 0.813. The maximum absolute atomic E-state index is 15.0. The predicted octanol–water partition coefficient (Wildman–Crippen LogP) is 3.10. The van der Waals surface area contributed by atoms with Crippen LogP contribution >= 0.6 is 0 Å². The second-order valence-electron chi connectivity index (χ2n) is 7.47. The Bertz CT molecular complexity index is 1110. The summed E-state index contributed by atoms with van der Waals surface area (Å²) in [5, 5.41) is 8.72. The van der Waals surface area contributed by atoms with Crippen molar-refractivity contribution in [2.24, 2.45) is 5.73 Å². The number of anilines is 1. The summed E-state index contributed by atoms with van der Waals surface area (Å²) in [5.74, 6) is -4.57. The number of pyridine rings is 1. The minimum atomic E-state index is -1.49. The molecule has 3 N–H and O–H groups in total. The van der Waals surface area contributed by atoms with Crippen molar-refractivity contribution in [2.75, 3.05) is 24.5 Å². The minimum absolute atomic E-state index is 0.0691. The van der Waals surface area contributed by atoms with E-state index in [-0.39, 0.29) is 30.3 Å². The Morgan fingerprint density at radius 1 is 1.28 bits per heavy atom. The molecule has 2 aliphatic rings. The number of hydrogen-bond donors (Lipinski definition) is 2.